The van der Waals surface area contributed by atoms with Crippen molar-refractivity contribution in [1.29, 1.82) is 0 Å². The fourth-order valence-corrected chi connectivity index (χ4v) is 1.99. The van der Waals surface area contributed by atoms with Crippen molar-refractivity contribution in [2.45, 2.75) is 20.8 Å². The number of anilines is 1. The second-order valence-electron chi connectivity index (χ2n) is 3.99. The van der Waals surface area contributed by atoms with Crippen LogP contribution in [0.4, 0.5) is 5.82 Å². The number of benzene rings is 1. The lowest BCUT2D eigenvalue weighted by atomic mass is 10.1. The molecule has 2 aromatic rings. The van der Waals surface area contributed by atoms with Crippen molar-refractivity contribution in [2.24, 2.45) is 0 Å². The third-order valence-corrected chi connectivity index (χ3v) is 3.95. The molecule has 1 heterocycles. The third kappa shape index (κ3) is 1.81. The fourth-order valence-electron chi connectivity index (χ4n) is 1.66. The van der Waals surface area contributed by atoms with Gasteiger partial charge in [0, 0.05) is 0 Å². The van der Waals surface area contributed by atoms with E-state index in [0.717, 1.165) is 15.0 Å². The topological polar surface area (TPSA) is 43.8 Å². The minimum atomic E-state index is 0.715. The van der Waals surface area contributed by atoms with Crippen LogP contribution < -0.4 is 5.73 Å². The largest absolute Gasteiger partial charge is 0.383 e. The average Bonchev–Trinajstić information content (AvgIpc) is 2.50. The van der Waals surface area contributed by atoms with Gasteiger partial charge >= 0.3 is 0 Å². The Morgan fingerprint density at radius 3 is 2.50 bits per heavy atom. The van der Waals surface area contributed by atoms with E-state index in [4.69, 9.17) is 5.73 Å². The zero-order valence-corrected chi connectivity index (χ0v) is 11.7. The normalized spacial score (nSPS) is 10.8. The van der Waals surface area contributed by atoms with E-state index in [1.165, 1.54) is 11.1 Å². The summed E-state index contributed by atoms with van der Waals surface area (Å²) in [6.45, 7) is 6.11. The molecule has 0 saturated carbocycles. The molecule has 2 N–H and O–H groups in total. The monoisotopic (exact) mass is 327 g/mol. The van der Waals surface area contributed by atoms with Gasteiger partial charge in [-0.1, -0.05) is 12.1 Å². The van der Waals surface area contributed by atoms with Crippen LogP contribution in [0.2, 0.25) is 0 Å². The molecule has 0 bridgehead atoms. The molecule has 3 nitrogen and oxygen atoms in total. The van der Waals surface area contributed by atoms with Gasteiger partial charge in [0.15, 0.2) is 0 Å². The molecule has 0 aliphatic heterocycles. The molecular weight excluding hydrogens is 313 g/mol. The van der Waals surface area contributed by atoms with Crippen LogP contribution in [0.3, 0.4) is 0 Å². The van der Waals surface area contributed by atoms with Crippen molar-refractivity contribution in [3.05, 3.63) is 38.6 Å². The van der Waals surface area contributed by atoms with Crippen LogP contribution in [-0.4, -0.2) is 9.78 Å². The summed E-state index contributed by atoms with van der Waals surface area (Å²) in [7, 11) is 0. The molecule has 0 unspecified atom stereocenters. The first kappa shape index (κ1) is 11.4. The Kier molecular flexibility index (Phi) is 2.92. The van der Waals surface area contributed by atoms with Gasteiger partial charge in [0.05, 0.1) is 15.0 Å². The molecule has 0 amide bonds. The van der Waals surface area contributed by atoms with Gasteiger partial charge in [0.1, 0.15) is 5.82 Å². The van der Waals surface area contributed by atoms with Gasteiger partial charge < -0.3 is 5.73 Å². The summed E-state index contributed by atoms with van der Waals surface area (Å²) in [5, 5.41) is 4.47. The first-order chi connectivity index (χ1) is 7.50. The van der Waals surface area contributed by atoms with Crippen LogP contribution in [0.5, 0.6) is 0 Å². The van der Waals surface area contributed by atoms with E-state index in [9.17, 15) is 0 Å². The molecule has 0 spiro atoms. The van der Waals surface area contributed by atoms with Gasteiger partial charge in [0.2, 0.25) is 0 Å². The number of halogens is 1. The molecular formula is C12H14IN3. The van der Waals surface area contributed by atoms with Gasteiger partial charge in [-0.2, -0.15) is 5.10 Å². The van der Waals surface area contributed by atoms with E-state index in [0.29, 0.717) is 5.82 Å². The van der Waals surface area contributed by atoms with Crippen molar-refractivity contribution in [2.75, 3.05) is 5.73 Å². The number of aromatic nitrogens is 2. The molecule has 2 rings (SSSR count). The number of aryl methyl sites for hydroxylation is 3. The van der Waals surface area contributed by atoms with E-state index >= 15 is 0 Å². The second kappa shape index (κ2) is 4.08. The Hall–Kier alpha value is -1.04. The van der Waals surface area contributed by atoms with Crippen molar-refractivity contribution in [3.63, 3.8) is 0 Å². The quantitative estimate of drug-likeness (QED) is 0.819. The maximum absolute atomic E-state index is 6.05. The number of hydrogen-bond acceptors (Lipinski definition) is 2. The van der Waals surface area contributed by atoms with Gasteiger partial charge in [-0.05, 0) is 60.6 Å². The highest BCUT2D eigenvalue weighted by Gasteiger charge is 2.12. The first-order valence-electron chi connectivity index (χ1n) is 5.09. The van der Waals surface area contributed by atoms with Crippen LogP contribution in [0.25, 0.3) is 5.69 Å². The van der Waals surface area contributed by atoms with E-state index in [1.54, 1.807) is 0 Å². The Labute approximate surface area is 109 Å². The van der Waals surface area contributed by atoms with Crippen molar-refractivity contribution in [1.82, 2.24) is 9.78 Å². The van der Waals surface area contributed by atoms with Crippen LogP contribution in [0, 0.1) is 24.3 Å². The SMILES string of the molecule is Cc1ccc(C)c(-n2nc(C)c(I)c2N)c1. The molecule has 1 aromatic heterocycles. The molecule has 84 valence electrons. The van der Waals surface area contributed by atoms with Gasteiger partial charge in [0.25, 0.3) is 0 Å². The predicted molar refractivity (Wildman–Crippen MR) is 74.9 cm³/mol. The van der Waals surface area contributed by atoms with Crippen LogP contribution >= 0.6 is 22.6 Å². The molecule has 4 heteroatoms. The molecule has 0 saturated heterocycles. The van der Waals surface area contributed by atoms with Crippen molar-refractivity contribution < 1.29 is 0 Å². The fraction of sp³-hybridized carbons (Fsp3) is 0.250. The van der Waals surface area contributed by atoms with Crippen LogP contribution in [-0.2, 0) is 0 Å². The zero-order valence-electron chi connectivity index (χ0n) is 9.58. The number of nitrogen functional groups attached to an aromatic ring is 1. The van der Waals surface area contributed by atoms with Crippen molar-refractivity contribution in [3.8, 4) is 5.69 Å². The molecule has 0 aliphatic rings. The summed E-state index contributed by atoms with van der Waals surface area (Å²) in [6.07, 6.45) is 0. The summed E-state index contributed by atoms with van der Waals surface area (Å²) in [4.78, 5) is 0. The summed E-state index contributed by atoms with van der Waals surface area (Å²) >= 11 is 2.23. The van der Waals surface area contributed by atoms with Crippen LogP contribution in [0.15, 0.2) is 18.2 Å². The van der Waals surface area contributed by atoms with E-state index in [2.05, 4.69) is 59.7 Å². The molecule has 16 heavy (non-hydrogen) atoms. The van der Waals surface area contributed by atoms with Crippen LogP contribution in [0.1, 0.15) is 16.8 Å². The average molecular weight is 327 g/mol. The molecule has 0 fully saturated rings. The lowest BCUT2D eigenvalue weighted by molar-refractivity contribution is 0.864. The van der Waals surface area contributed by atoms with E-state index in [1.807, 2.05) is 11.6 Å². The minimum absolute atomic E-state index is 0.715. The Bertz CT molecular complexity index is 543. The van der Waals surface area contributed by atoms with Gasteiger partial charge in [-0.25, -0.2) is 4.68 Å². The minimum Gasteiger partial charge on any atom is -0.383 e. The Balaban J connectivity index is 2.67. The summed E-state index contributed by atoms with van der Waals surface area (Å²) in [5.74, 6) is 0.715. The highest BCUT2D eigenvalue weighted by molar-refractivity contribution is 14.1. The summed E-state index contributed by atoms with van der Waals surface area (Å²) in [6, 6.07) is 6.29. The first-order valence-corrected chi connectivity index (χ1v) is 6.17. The summed E-state index contributed by atoms with van der Waals surface area (Å²) < 4.78 is 2.85. The highest BCUT2D eigenvalue weighted by Crippen LogP contribution is 2.24. The van der Waals surface area contributed by atoms with E-state index < -0.39 is 0 Å². The smallest absolute Gasteiger partial charge is 0.141 e. The molecule has 0 radical (unpaired) electrons. The number of nitrogens with zero attached hydrogens (tertiary/aromatic N) is 2. The van der Waals surface area contributed by atoms with Gasteiger partial charge in [-0.3, -0.25) is 0 Å². The standard InChI is InChI=1S/C12H14IN3/c1-7-4-5-8(2)10(6-7)16-12(14)11(13)9(3)15-16/h4-6H,14H2,1-3H3. The zero-order chi connectivity index (χ0) is 11.9. The lowest BCUT2D eigenvalue weighted by Crippen LogP contribution is -2.04. The summed E-state index contributed by atoms with van der Waals surface area (Å²) in [5.41, 5.74) is 10.5. The van der Waals surface area contributed by atoms with E-state index in [-0.39, 0.29) is 0 Å². The highest BCUT2D eigenvalue weighted by atomic mass is 127. The number of nitrogens with two attached hydrogens (primary N) is 1. The second-order valence-corrected chi connectivity index (χ2v) is 5.07. The maximum atomic E-state index is 6.05. The lowest BCUT2D eigenvalue weighted by Gasteiger charge is -2.08. The third-order valence-electron chi connectivity index (χ3n) is 2.61. The van der Waals surface area contributed by atoms with Gasteiger partial charge in [-0.15, -0.1) is 0 Å². The number of hydrogen-bond donors (Lipinski definition) is 1. The Morgan fingerprint density at radius 2 is 1.94 bits per heavy atom. The predicted octanol–water partition coefficient (Wildman–Crippen LogP) is 2.98. The Morgan fingerprint density at radius 1 is 1.25 bits per heavy atom. The maximum Gasteiger partial charge on any atom is 0.141 e. The molecule has 0 aliphatic carbocycles. The van der Waals surface area contributed by atoms with Crippen molar-refractivity contribution >= 4 is 28.4 Å². The molecule has 0 atom stereocenters. The number of rotatable bonds is 1. The molecule has 1 aromatic carbocycles.